The predicted molar refractivity (Wildman–Crippen MR) is 101 cm³/mol. The second-order valence-electron chi connectivity index (χ2n) is 9.56. The molecule has 138 valence electrons. The number of rotatable bonds is 3. The molecule has 27 heavy (non-hydrogen) atoms. The van der Waals surface area contributed by atoms with Gasteiger partial charge >= 0.3 is 0 Å². The fraction of sp³-hybridized carbons (Fsp3) is 0.565. The molecule has 1 aliphatic heterocycles. The molecule has 2 heterocycles. The zero-order chi connectivity index (χ0) is 18.2. The first kappa shape index (κ1) is 15.9. The van der Waals surface area contributed by atoms with Gasteiger partial charge in [-0.15, -0.1) is 0 Å². The molecular formula is C23H24FN3. The number of benzene rings is 1. The number of imidazole rings is 1. The summed E-state index contributed by atoms with van der Waals surface area (Å²) in [6.07, 6.45) is 12.2. The Labute approximate surface area is 159 Å². The summed E-state index contributed by atoms with van der Waals surface area (Å²) < 4.78 is 16.9. The van der Waals surface area contributed by atoms with Crippen LogP contribution in [0.4, 0.5) is 4.39 Å². The molecule has 4 bridgehead atoms. The molecule has 7 rings (SSSR count). The van der Waals surface area contributed by atoms with Gasteiger partial charge in [-0.25, -0.2) is 15.9 Å². The lowest BCUT2D eigenvalue weighted by Crippen LogP contribution is -2.51. The van der Waals surface area contributed by atoms with Crippen molar-refractivity contribution in [1.29, 1.82) is 0 Å². The van der Waals surface area contributed by atoms with Crippen molar-refractivity contribution in [3.05, 3.63) is 53.5 Å². The zero-order valence-corrected chi connectivity index (χ0v) is 15.4. The minimum atomic E-state index is -0.143. The first-order valence-electron chi connectivity index (χ1n) is 10.3. The van der Waals surface area contributed by atoms with Crippen LogP contribution in [0.25, 0.3) is 16.1 Å². The van der Waals surface area contributed by atoms with E-state index in [1.165, 1.54) is 38.5 Å². The van der Waals surface area contributed by atoms with Crippen LogP contribution < -0.4 is 0 Å². The minimum absolute atomic E-state index is 0.0169. The predicted octanol–water partition coefficient (Wildman–Crippen LogP) is 5.49. The van der Waals surface area contributed by atoms with Crippen molar-refractivity contribution in [1.82, 2.24) is 9.55 Å². The highest BCUT2D eigenvalue weighted by atomic mass is 19.1. The molecule has 2 atom stereocenters. The quantitative estimate of drug-likeness (QED) is 0.663. The molecule has 4 fully saturated rings. The van der Waals surface area contributed by atoms with Crippen LogP contribution in [-0.2, 0) is 0 Å². The smallest absolute Gasteiger partial charge is 0.231 e. The number of hydrogen-bond donors (Lipinski definition) is 0. The lowest BCUT2D eigenvalue weighted by atomic mass is 9.47. The summed E-state index contributed by atoms with van der Waals surface area (Å²) in [7, 11) is 0. The van der Waals surface area contributed by atoms with Crippen LogP contribution in [-0.4, -0.2) is 15.6 Å². The van der Waals surface area contributed by atoms with Crippen molar-refractivity contribution < 1.29 is 4.39 Å². The molecule has 0 radical (unpaired) electrons. The third-order valence-corrected chi connectivity index (χ3v) is 8.06. The molecule has 1 aromatic heterocycles. The van der Waals surface area contributed by atoms with E-state index in [0.717, 1.165) is 34.6 Å². The highest BCUT2D eigenvalue weighted by Gasteiger charge is 2.57. The Morgan fingerprint density at radius 2 is 1.89 bits per heavy atom. The van der Waals surface area contributed by atoms with E-state index in [2.05, 4.69) is 14.4 Å². The van der Waals surface area contributed by atoms with Gasteiger partial charge in [-0.1, -0.05) is 12.1 Å². The molecule has 3 nitrogen and oxygen atoms in total. The van der Waals surface area contributed by atoms with Crippen LogP contribution in [0.3, 0.4) is 0 Å². The summed E-state index contributed by atoms with van der Waals surface area (Å²) >= 11 is 0. The maximum atomic E-state index is 14.8. The summed E-state index contributed by atoms with van der Waals surface area (Å²) in [5.41, 5.74) is 2.88. The fourth-order valence-electron chi connectivity index (χ4n) is 7.47. The molecule has 0 N–H and O–H groups in total. The minimum Gasteiger partial charge on any atom is -0.323 e. The fourth-order valence-corrected chi connectivity index (χ4v) is 7.47. The van der Waals surface area contributed by atoms with Crippen molar-refractivity contribution >= 4 is 0 Å². The Morgan fingerprint density at radius 1 is 1.19 bits per heavy atom. The van der Waals surface area contributed by atoms with Gasteiger partial charge < -0.3 is 9.41 Å². The Morgan fingerprint density at radius 3 is 2.56 bits per heavy atom. The summed E-state index contributed by atoms with van der Waals surface area (Å²) in [5, 5.41) is 0. The van der Waals surface area contributed by atoms with E-state index in [1.54, 1.807) is 12.1 Å². The van der Waals surface area contributed by atoms with Crippen molar-refractivity contribution in [2.75, 3.05) is 0 Å². The van der Waals surface area contributed by atoms with Gasteiger partial charge in [0, 0.05) is 23.0 Å². The second kappa shape index (κ2) is 5.44. The zero-order valence-electron chi connectivity index (χ0n) is 15.4. The van der Waals surface area contributed by atoms with Crippen LogP contribution in [0.5, 0.6) is 0 Å². The Hall–Kier alpha value is -2.15. The lowest BCUT2D eigenvalue weighted by molar-refractivity contribution is -0.0626. The van der Waals surface area contributed by atoms with Gasteiger partial charge in [0.2, 0.25) is 6.04 Å². The lowest BCUT2D eigenvalue weighted by Gasteiger charge is -2.56. The largest absolute Gasteiger partial charge is 0.323 e. The summed E-state index contributed by atoms with van der Waals surface area (Å²) in [6, 6.07) is 5.22. The summed E-state index contributed by atoms with van der Waals surface area (Å²) in [4.78, 5) is 8.51. The number of hydrogen-bond acceptors (Lipinski definition) is 1. The van der Waals surface area contributed by atoms with Crippen LogP contribution in [0.1, 0.15) is 56.6 Å². The topological polar surface area (TPSA) is 22.2 Å². The summed E-state index contributed by atoms with van der Waals surface area (Å²) in [6.45, 7) is 8.05. The van der Waals surface area contributed by atoms with E-state index in [1.807, 2.05) is 18.6 Å². The molecule has 4 aliphatic carbocycles. The number of halogens is 1. The molecule has 0 saturated heterocycles. The van der Waals surface area contributed by atoms with E-state index in [9.17, 15) is 4.39 Å². The molecule has 0 amide bonds. The van der Waals surface area contributed by atoms with Crippen molar-refractivity contribution in [3.63, 3.8) is 0 Å². The molecule has 4 heteroatoms. The van der Waals surface area contributed by atoms with Gasteiger partial charge in [-0.05, 0) is 62.3 Å². The Bertz CT molecular complexity index is 917. The maximum absolute atomic E-state index is 14.8. The van der Waals surface area contributed by atoms with Crippen LogP contribution in [0, 0.1) is 35.6 Å². The van der Waals surface area contributed by atoms with Crippen molar-refractivity contribution in [3.8, 4) is 11.3 Å². The summed E-state index contributed by atoms with van der Waals surface area (Å²) in [5.74, 6) is 2.35. The monoisotopic (exact) mass is 361 g/mol. The number of nitrogens with zero attached hydrogens (tertiary/aromatic N) is 3. The standard InChI is InChI=1S/C23H24FN3/c1-25-21(23-9-14-5-15(10-23)7-16(6-14)11-23)8-19-22-17(3-2-4-18(22)24)20-12-26-13-27(19)20/h2-4,12-16,19,21H,5-11H2. The average molecular weight is 361 g/mol. The van der Waals surface area contributed by atoms with E-state index in [0.29, 0.717) is 6.42 Å². The normalized spacial score (nSPS) is 36.3. The third kappa shape index (κ3) is 2.15. The molecule has 2 unspecified atom stereocenters. The molecule has 0 spiro atoms. The number of aromatic nitrogens is 2. The Kier molecular flexibility index (Phi) is 3.20. The van der Waals surface area contributed by atoms with Crippen LogP contribution >= 0.6 is 0 Å². The van der Waals surface area contributed by atoms with E-state index in [4.69, 9.17) is 6.57 Å². The van der Waals surface area contributed by atoms with Crippen LogP contribution in [0.15, 0.2) is 30.7 Å². The van der Waals surface area contributed by atoms with E-state index in [-0.39, 0.29) is 23.3 Å². The number of fused-ring (bicyclic) bond motifs is 3. The van der Waals surface area contributed by atoms with E-state index < -0.39 is 0 Å². The highest BCUT2D eigenvalue weighted by Crippen LogP contribution is 2.63. The molecule has 2 aromatic rings. The van der Waals surface area contributed by atoms with Crippen molar-refractivity contribution in [2.45, 2.75) is 57.0 Å². The SMILES string of the molecule is [C-]#[N+]C(CC1c2c(F)cccc2-c2cncn21)C12CC3CC(CC(C3)C1)C2. The van der Waals surface area contributed by atoms with E-state index >= 15 is 0 Å². The molecule has 5 aliphatic rings. The van der Waals surface area contributed by atoms with Gasteiger partial charge in [0.05, 0.1) is 24.3 Å². The van der Waals surface area contributed by atoms with Gasteiger partial charge in [0.1, 0.15) is 5.82 Å². The van der Waals surface area contributed by atoms with Gasteiger partial charge in [0.15, 0.2) is 0 Å². The van der Waals surface area contributed by atoms with Gasteiger partial charge in [-0.2, -0.15) is 0 Å². The van der Waals surface area contributed by atoms with Crippen molar-refractivity contribution in [2.24, 2.45) is 23.2 Å². The molecular weight excluding hydrogens is 337 g/mol. The average Bonchev–Trinajstić information content (AvgIpc) is 3.21. The van der Waals surface area contributed by atoms with Gasteiger partial charge in [0.25, 0.3) is 0 Å². The highest BCUT2D eigenvalue weighted by molar-refractivity contribution is 5.69. The molecule has 4 saturated carbocycles. The molecule has 1 aromatic carbocycles. The first-order chi connectivity index (χ1) is 13.2. The first-order valence-corrected chi connectivity index (χ1v) is 10.3. The second-order valence-corrected chi connectivity index (χ2v) is 9.56. The maximum Gasteiger partial charge on any atom is 0.231 e. The Balaban J connectivity index is 1.39. The van der Waals surface area contributed by atoms with Crippen LogP contribution in [0.2, 0.25) is 0 Å². The third-order valence-electron chi connectivity index (χ3n) is 8.06. The van der Waals surface area contributed by atoms with Gasteiger partial charge in [-0.3, -0.25) is 0 Å².